The minimum atomic E-state index is -2.43. The van der Waals surface area contributed by atoms with Crippen molar-refractivity contribution in [1.29, 1.82) is 0 Å². The second-order valence-electron chi connectivity index (χ2n) is 2.62. The third-order valence-corrected chi connectivity index (χ3v) is 1.81. The quantitative estimate of drug-likeness (QED) is 0.585. The van der Waals surface area contributed by atoms with E-state index in [1.54, 1.807) is 6.92 Å². The van der Waals surface area contributed by atoms with Gasteiger partial charge in [-0.05, 0) is 0 Å². The molecule has 1 heterocycles. The van der Waals surface area contributed by atoms with Crippen LogP contribution in [0.25, 0.3) is 0 Å². The molecular weight excluding hydrogens is 160 g/mol. The number of rotatable bonds is 0. The molecule has 0 aromatic rings. The summed E-state index contributed by atoms with van der Waals surface area (Å²) in [4.78, 5) is 0. The summed E-state index contributed by atoms with van der Waals surface area (Å²) in [6.45, 7) is 2.48. The molecule has 0 aromatic heterocycles. The Balaban J connectivity index is 0.000000810. The Morgan fingerprint density at radius 3 is 2.40 bits per heavy atom. The first-order chi connectivity index (χ1) is 4.13. The van der Waals surface area contributed by atoms with Crippen molar-refractivity contribution in [3.05, 3.63) is 0 Å². The summed E-state index contributed by atoms with van der Waals surface area (Å²) in [5.74, 6) is -2.92. The van der Waals surface area contributed by atoms with Crippen molar-refractivity contribution in [2.45, 2.75) is 19.3 Å². The van der Waals surface area contributed by atoms with Crippen molar-refractivity contribution in [1.82, 2.24) is 5.32 Å². The zero-order chi connectivity index (χ0) is 6.91. The van der Waals surface area contributed by atoms with Crippen molar-refractivity contribution < 1.29 is 8.78 Å². The molecule has 1 unspecified atom stereocenters. The van der Waals surface area contributed by atoms with Crippen molar-refractivity contribution in [3.63, 3.8) is 0 Å². The third kappa shape index (κ3) is 2.06. The van der Waals surface area contributed by atoms with Crippen molar-refractivity contribution in [2.75, 3.05) is 13.1 Å². The van der Waals surface area contributed by atoms with Crippen molar-refractivity contribution >= 4 is 12.4 Å². The minimum absolute atomic E-state index is 0. The van der Waals surface area contributed by atoms with Gasteiger partial charge in [-0.3, -0.25) is 0 Å². The summed E-state index contributed by atoms with van der Waals surface area (Å²) in [7, 11) is 0. The number of alkyl halides is 2. The number of piperidine rings is 1. The maximum atomic E-state index is 12.6. The number of hydrogen-bond donors (Lipinski definition) is 1. The van der Waals surface area contributed by atoms with E-state index in [0.29, 0.717) is 13.1 Å². The molecule has 0 saturated carbocycles. The molecule has 1 saturated heterocycles. The van der Waals surface area contributed by atoms with Gasteiger partial charge in [0.2, 0.25) is 0 Å². The van der Waals surface area contributed by atoms with Crippen LogP contribution in [0.4, 0.5) is 8.78 Å². The van der Waals surface area contributed by atoms with Gasteiger partial charge in [0.1, 0.15) is 0 Å². The van der Waals surface area contributed by atoms with E-state index in [4.69, 9.17) is 0 Å². The molecule has 1 atom stereocenters. The third-order valence-electron chi connectivity index (χ3n) is 1.81. The molecule has 10 heavy (non-hydrogen) atoms. The molecule has 0 bridgehead atoms. The lowest BCUT2D eigenvalue weighted by Crippen LogP contribution is -2.42. The summed E-state index contributed by atoms with van der Waals surface area (Å²) in [6.07, 6.45) is -0.00579. The summed E-state index contributed by atoms with van der Waals surface area (Å²) < 4.78 is 25.1. The second kappa shape index (κ2) is 3.49. The molecule has 1 N–H and O–H groups in total. The minimum Gasteiger partial charge on any atom is -0.316 e. The highest BCUT2D eigenvalue weighted by Gasteiger charge is 2.37. The van der Waals surface area contributed by atoms with Crippen LogP contribution >= 0.6 is 12.4 Å². The predicted octanol–water partition coefficient (Wildman–Crippen LogP) is 1.67. The van der Waals surface area contributed by atoms with Gasteiger partial charge in [-0.1, -0.05) is 6.92 Å². The molecule has 0 amide bonds. The molecule has 62 valence electrons. The van der Waals surface area contributed by atoms with Gasteiger partial charge >= 0.3 is 0 Å². The van der Waals surface area contributed by atoms with Crippen LogP contribution in [0.3, 0.4) is 0 Å². The smallest absolute Gasteiger partial charge is 0.253 e. The van der Waals surface area contributed by atoms with Gasteiger partial charge in [0.15, 0.2) is 0 Å². The lowest BCUT2D eigenvalue weighted by atomic mass is 9.97. The Kier molecular flexibility index (Phi) is 3.52. The largest absolute Gasteiger partial charge is 0.316 e. The topological polar surface area (TPSA) is 12.0 Å². The molecular formula is C6H12ClF2N. The Bertz CT molecular complexity index is 108. The molecule has 1 rings (SSSR count). The van der Waals surface area contributed by atoms with Crippen LogP contribution in [0.2, 0.25) is 0 Å². The SMILES string of the molecule is CC1CNCCC1(F)F.Cl. The first kappa shape index (κ1) is 10.1. The molecule has 1 nitrogen and oxygen atoms in total. The maximum absolute atomic E-state index is 12.6. The van der Waals surface area contributed by atoms with E-state index in [1.165, 1.54) is 0 Å². The lowest BCUT2D eigenvalue weighted by Gasteiger charge is -2.28. The molecule has 1 fully saturated rings. The Morgan fingerprint density at radius 2 is 2.10 bits per heavy atom. The Labute approximate surface area is 65.6 Å². The van der Waals surface area contributed by atoms with Gasteiger partial charge in [-0.25, -0.2) is 8.78 Å². The fourth-order valence-corrected chi connectivity index (χ4v) is 0.969. The van der Waals surface area contributed by atoms with Crippen LogP contribution in [-0.2, 0) is 0 Å². The summed E-state index contributed by atoms with van der Waals surface area (Å²) in [5.41, 5.74) is 0. The predicted molar refractivity (Wildman–Crippen MR) is 38.8 cm³/mol. The highest BCUT2D eigenvalue weighted by atomic mass is 35.5. The zero-order valence-corrected chi connectivity index (χ0v) is 6.68. The highest BCUT2D eigenvalue weighted by Crippen LogP contribution is 2.29. The van der Waals surface area contributed by atoms with Gasteiger partial charge in [0.05, 0.1) is 0 Å². The van der Waals surface area contributed by atoms with Crippen LogP contribution < -0.4 is 5.32 Å². The monoisotopic (exact) mass is 171 g/mol. The summed E-state index contributed by atoms with van der Waals surface area (Å²) in [5, 5.41) is 2.91. The Morgan fingerprint density at radius 1 is 1.50 bits per heavy atom. The summed E-state index contributed by atoms with van der Waals surface area (Å²) in [6, 6.07) is 0. The van der Waals surface area contributed by atoms with Crippen LogP contribution in [0, 0.1) is 5.92 Å². The van der Waals surface area contributed by atoms with Gasteiger partial charge < -0.3 is 5.32 Å². The van der Waals surface area contributed by atoms with Crippen molar-refractivity contribution in [3.8, 4) is 0 Å². The first-order valence-corrected chi connectivity index (χ1v) is 3.21. The van der Waals surface area contributed by atoms with E-state index in [2.05, 4.69) is 5.32 Å². The van der Waals surface area contributed by atoms with E-state index in [-0.39, 0.29) is 18.8 Å². The molecule has 4 heteroatoms. The molecule has 0 aliphatic carbocycles. The van der Waals surface area contributed by atoms with Crippen LogP contribution in [0.5, 0.6) is 0 Å². The maximum Gasteiger partial charge on any atom is 0.253 e. The van der Waals surface area contributed by atoms with Crippen molar-refractivity contribution in [2.24, 2.45) is 5.92 Å². The number of nitrogens with one attached hydrogen (secondary N) is 1. The standard InChI is InChI=1S/C6H11F2N.ClH/c1-5-4-9-3-2-6(5,7)8;/h5,9H,2-4H2,1H3;1H. The van der Waals surface area contributed by atoms with E-state index < -0.39 is 11.8 Å². The lowest BCUT2D eigenvalue weighted by molar-refractivity contribution is -0.0710. The van der Waals surface area contributed by atoms with Gasteiger partial charge in [0, 0.05) is 25.4 Å². The zero-order valence-electron chi connectivity index (χ0n) is 5.86. The van der Waals surface area contributed by atoms with Gasteiger partial charge in [0.25, 0.3) is 5.92 Å². The average molecular weight is 172 g/mol. The fourth-order valence-electron chi connectivity index (χ4n) is 0.969. The fraction of sp³-hybridized carbons (Fsp3) is 1.00. The van der Waals surface area contributed by atoms with Crippen LogP contribution in [-0.4, -0.2) is 19.0 Å². The normalized spacial score (nSPS) is 30.9. The van der Waals surface area contributed by atoms with Crippen LogP contribution in [0.15, 0.2) is 0 Å². The highest BCUT2D eigenvalue weighted by molar-refractivity contribution is 5.85. The molecule has 0 spiro atoms. The van der Waals surface area contributed by atoms with Crippen LogP contribution in [0.1, 0.15) is 13.3 Å². The van der Waals surface area contributed by atoms with E-state index in [1.807, 2.05) is 0 Å². The van der Waals surface area contributed by atoms with E-state index in [0.717, 1.165) is 0 Å². The molecule has 0 radical (unpaired) electrons. The van der Waals surface area contributed by atoms with Gasteiger partial charge in [-0.2, -0.15) is 0 Å². The van der Waals surface area contributed by atoms with E-state index in [9.17, 15) is 8.78 Å². The Hall–Kier alpha value is 0.110. The summed E-state index contributed by atoms with van der Waals surface area (Å²) >= 11 is 0. The number of hydrogen-bond acceptors (Lipinski definition) is 1. The van der Waals surface area contributed by atoms with E-state index >= 15 is 0 Å². The molecule has 1 aliphatic heterocycles. The molecule has 1 aliphatic rings. The van der Waals surface area contributed by atoms with Gasteiger partial charge in [-0.15, -0.1) is 12.4 Å². The second-order valence-corrected chi connectivity index (χ2v) is 2.62. The average Bonchev–Trinajstić information content (AvgIpc) is 1.77. The molecule has 0 aromatic carbocycles. The first-order valence-electron chi connectivity index (χ1n) is 3.21. The number of halogens is 3.